The number of aromatic nitrogens is 2. The maximum absolute atomic E-state index is 6.11. The molecule has 3 rings (SSSR count). The topological polar surface area (TPSA) is 47.5 Å². The lowest BCUT2D eigenvalue weighted by atomic mass is 10.0. The van der Waals surface area contributed by atoms with E-state index in [1.807, 2.05) is 6.92 Å². The van der Waals surface area contributed by atoms with E-state index in [-0.39, 0.29) is 11.3 Å². The van der Waals surface area contributed by atoms with Gasteiger partial charge in [-0.15, -0.1) is 0 Å². The molecule has 5 nitrogen and oxygen atoms in total. The van der Waals surface area contributed by atoms with Gasteiger partial charge in [0.1, 0.15) is 11.4 Å². The molecule has 3 heterocycles. The average Bonchev–Trinajstić information content (AvgIpc) is 2.77. The van der Waals surface area contributed by atoms with E-state index in [2.05, 4.69) is 28.4 Å². The van der Waals surface area contributed by atoms with Crippen LogP contribution in [-0.4, -0.2) is 35.8 Å². The van der Waals surface area contributed by atoms with Crippen molar-refractivity contribution in [2.75, 3.05) is 24.7 Å². The zero-order valence-corrected chi connectivity index (χ0v) is 12.5. The van der Waals surface area contributed by atoms with Gasteiger partial charge < -0.3 is 14.4 Å². The molecule has 1 aromatic heterocycles. The molecule has 2 atom stereocenters. The van der Waals surface area contributed by atoms with E-state index in [4.69, 9.17) is 21.1 Å². The van der Waals surface area contributed by atoms with Crippen molar-refractivity contribution in [3.63, 3.8) is 0 Å². The van der Waals surface area contributed by atoms with E-state index >= 15 is 0 Å². The van der Waals surface area contributed by atoms with Gasteiger partial charge in [-0.25, -0.2) is 9.97 Å². The summed E-state index contributed by atoms with van der Waals surface area (Å²) < 4.78 is 11.3. The third-order valence-corrected chi connectivity index (χ3v) is 4.14. The molecule has 0 spiro atoms. The summed E-state index contributed by atoms with van der Waals surface area (Å²) in [6.45, 7) is 10.6. The molecule has 1 saturated heterocycles. The minimum atomic E-state index is -0.591. The second-order valence-corrected chi connectivity index (χ2v) is 5.70. The van der Waals surface area contributed by atoms with E-state index in [1.165, 1.54) is 0 Å². The Labute approximate surface area is 123 Å². The van der Waals surface area contributed by atoms with Crippen molar-refractivity contribution in [3.8, 4) is 0 Å². The first-order valence-electron chi connectivity index (χ1n) is 6.74. The van der Waals surface area contributed by atoms with E-state index < -0.39 is 5.60 Å². The van der Waals surface area contributed by atoms with Gasteiger partial charge in [0.15, 0.2) is 0 Å². The van der Waals surface area contributed by atoms with Crippen molar-refractivity contribution in [2.45, 2.75) is 32.1 Å². The largest absolute Gasteiger partial charge is 0.377 e. The fraction of sp³-hybridized carbons (Fsp3) is 0.571. The van der Waals surface area contributed by atoms with E-state index in [9.17, 15) is 0 Å². The SMILES string of the molecule is C=CC1(C)OCc2c(N3CCOCC3C)nc(Cl)nc21. The molecular formula is C14H18ClN3O2. The maximum atomic E-state index is 6.11. The van der Waals surface area contributed by atoms with Crippen LogP contribution in [0.1, 0.15) is 25.1 Å². The molecule has 1 fully saturated rings. The first kappa shape index (κ1) is 13.8. The van der Waals surface area contributed by atoms with Gasteiger partial charge in [-0.3, -0.25) is 0 Å². The summed E-state index contributed by atoms with van der Waals surface area (Å²) in [7, 11) is 0. The van der Waals surface area contributed by atoms with Crippen molar-refractivity contribution < 1.29 is 9.47 Å². The van der Waals surface area contributed by atoms with Gasteiger partial charge >= 0.3 is 0 Å². The highest BCUT2D eigenvalue weighted by molar-refractivity contribution is 6.28. The third-order valence-electron chi connectivity index (χ3n) is 3.97. The van der Waals surface area contributed by atoms with Gasteiger partial charge in [0, 0.05) is 12.1 Å². The molecule has 2 unspecified atom stereocenters. The summed E-state index contributed by atoms with van der Waals surface area (Å²) >= 11 is 6.11. The fourth-order valence-electron chi connectivity index (χ4n) is 2.71. The molecule has 0 aromatic carbocycles. The zero-order chi connectivity index (χ0) is 14.3. The highest BCUT2D eigenvalue weighted by Gasteiger charge is 2.39. The first-order valence-corrected chi connectivity index (χ1v) is 7.12. The van der Waals surface area contributed by atoms with E-state index in [0.29, 0.717) is 19.8 Å². The Morgan fingerprint density at radius 1 is 1.50 bits per heavy atom. The number of anilines is 1. The maximum Gasteiger partial charge on any atom is 0.224 e. The first-order chi connectivity index (χ1) is 9.55. The Morgan fingerprint density at radius 3 is 3.00 bits per heavy atom. The van der Waals surface area contributed by atoms with Gasteiger partial charge in [-0.2, -0.15) is 0 Å². The van der Waals surface area contributed by atoms with Crippen LogP contribution in [0.15, 0.2) is 12.7 Å². The summed E-state index contributed by atoms with van der Waals surface area (Å²) in [5, 5.41) is 0.246. The number of nitrogens with zero attached hydrogens (tertiary/aromatic N) is 3. The monoisotopic (exact) mass is 295 g/mol. The molecule has 20 heavy (non-hydrogen) atoms. The molecule has 6 heteroatoms. The second-order valence-electron chi connectivity index (χ2n) is 5.36. The Morgan fingerprint density at radius 2 is 2.30 bits per heavy atom. The summed E-state index contributed by atoms with van der Waals surface area (Å²) in [5.74, 6) is 0.862. The number of hydrogen-bond donors (Lipinski definition) is 0. The van der Waals surface area contributed by atoms with Crippen LogP contribution < -0.4 is 4.90 Å². The van der Waals surface area contributed by atoms with Crippen molar-refractivity contribution in [3.05, 3.63) is 29.2 Å². The number of fused-ring (bicyclic) bond motifs is 1. The van der Waals surface area contributed by atoms with Crippen LogP contribution in [0.3, 0.4) is 0 Å². The predicted molar refractivity (Wildman–Crippen MR) is 77.0 cm³/mol. The number of hydrogen-bond acceptors (Lipinski definition) is 5. The summed E-state index contributed by atoms with van der Waals surface area (Å²) in [4.78, 5) is 11.0. The van der Waals surface area contributed by atoms with Gasteiger partial charge in [0.25, 0.3) is 0 Å². The zero-order valence-electron chi connectivity index (χ0n) is 11.7. The quantitative estimate of drug-likeness (QED) is 0.619. The van der Waals surface area contributed by atoms with Crippen LogP contribution in [0.2, 0.25) is 5.28 Å². The Bertz CT molecular complexity index is 551. The normalized spacial score (nSPS) is 29.4. The number of rotatable bonds is 2. The smallest absolute Gasteiger partial charge is 0.224 e. The van der Waals surface area contributed by atoms with E-state index in [1.54, 1.807) is 6.08 Å². The summed E-state index contributed by atoms with van der Waals surface area (Å²) in [6.07, 6.45) is 1.76. The van der Waals surface area contributed by atoms with Crippen molar-refractivity contribution in [1.82, 2.24) is 9.97 Å². The fourth-order valence-corrected chi connectivity index (χ4v) is 2.88. The number of halogens is 1. The molecule has 0 radical (unpaired) electrons. The van der Waals surface area contributed by atoms with E-state index in [0.717, 1.165) is 23.6 Å². The van der Waals surface area contributed by atoms with Crippen LogP contribution in [-0.2, 0) is 21.7 Å². The van der Waals surface area contributed by atoms with Crippen LogP contribution >= 0.6 is 11.6 Å². The van der Waals surface area contributed by atoms with Crippen molar-refractivity contribution >= 4 is 17.4 Å². The lowest BCUT2D eigenvalue weighted by molar-refractivity contribution is 0.0141. The predicted octanol–water partition coefficient (Wildman–Crippen LogP) is 2.29. The lowest BCUT2D eigenvalue weighted by Crippen LogP contribution is -2.44. The molecule has 2 aliphatic rings. The summed E-state index contributed by atoms with van der Waals surface area (Å²) in [5.41, 5.74) is 1.23. The molecule has 0 N–H and O–H groups in total. The lowest BCUT2D eigenvalue weighted by Gasteiger charge is -2.35. The Hall–Kier alpha value is -1.17. The summed E-state index contributed by atoms with van der Waals surface area (Å²) in [6, 6.07) is 0.259. The third kappa shape index (κ3) is 2.10. The molecule has 0 saturated carbocycles. The van der Waals surface area contributed by atoms with Crippen LogP contribution in [0.5, 0.6) is 0 Å². The number of morpholine rings is 1. The second kappa shape index (κ2) is 4.98. The van der Waals surface area contributed by atoms with Crippen LogP contribution in [0, 0.1) is 0 Å². The van der Waals surface area contributed by atoms with Gasteiger partial charge in [-0.05, 0) is 25.4 Å². The van der Waals surface area contributed by atoms with Gasteiger partial charge in [0.05, 0.1) is 31.6 Å². The molecule has 0 amide bonds. The minimum Gasteiger partial charge on any atom is -0.377 e. The Balaban J connectivity index is 2.09. The van der Waals surface area contributed by atoms with Crippen LogP contribution in [0.25, 0.3) is 0 Å². The van der Waals surface area contributed by atoms with Crippen LogP contribution in [0.4, 0.5) is 5.82 Å². The Kier molecular flexibility index (Phi) is 3.44. The molecule has 0 bridgehead atoms. The highest BCUT2D eigenvalue weighted by Crippen LogP contribution is 2.40. The van der Waals surface area contributed by atoms with Crippen molar-refractivity contribution in [2.24, 2.45) is 0 Å². The molecular weight excluding hydrogens is 278 g/mol. The minimum absolute atomic E-state index is 0.246. The standard InChI is InChI=1S/C14H18ClN3O2/c1-4-14(3)11-10(8-20-14)12(17-13(15)16-11)18-5-6-19-7-9(18)2/h4,9H,1,5-8H2,2-3H3. The highest BCUT2D eigenvalue weighted by atomic mass is 35.5. The average molecular weight is 296 g/mol. The van der Waals surface area contributed by atoms with Gasteiger partial charge in [-0.1, -0.05) is 12.7 Å². The van der Waals surface area contributed by atoms with Gasteiger partial charge in [0.2, 0.25) is 5.28 Å². The number of ether oxygens (including phenoxy) is 2. The van der Waals surface area contributed by atoms with Crippen molar-refractivity contribution in [1.29, 1.82) is 0 Å². The molecule has 108 valence electrons. The molecule has 0 aliphatic carbocycles. The molecule has 2 aliphatic heterocycles. The molecule has 1 aromatic rings.